The van der Waals surface area contributed by atoms with Gasteiger partial charge in [-0.25, -0.2) is 0 Å². The van der Waals surface area contributed by atoms with Crippen molar-refractivity contribution in [2.75, 3.05) is 20.3 Å². The molecule has 0 bridgehead atoms. The molecule has 28 heavy (non-hydrogen) atoms. The van der Waals surface area contributed by atoms with E-state index < -0.39 is 0 Å². The van der Waals surface area contributed by atoms with E-state index in [9.17, 15) is 4.79 Å². The van der Waals surface area contributed by atoms with Crippen LogP contribution < -0.4 is 10.3 Å². The van der Waals surface area contributed by atoms with Gasteiger partial charge in [-0.1, -0.05) is 0 Å². The molecule has 9 heteroatoms. The Hall–Kier alpha value is -2.91. The Balaban J connectivity index is 1.80. The molecule has 5 heterocycles. The molecule has 1 aliphatic rings. The van der Waals surface area contributed by atoms with Crippen LogP contribution in [0.1, 0.15) is 23.7 Å². The molecule has 4 aromatic rings. The van der Waals surface area contributed by atoms with Gasteiger partial charge in [-0.2, -0.15) is 10.2 Å². The zero-order valence-corrected chi connectivity index (χ0v) is 16.1. The van der Waals surface area contributed by atoms with Crippen LogP contribution >= 0.6 is 11.3 Å². The maximum absolute atomic E-state index is 13.0. The first-order valence-electron chi connectivity index (χ1n) is 9.09. The Morgan fingerprint density at radius 3 is 3.14 bits per heavy atom. The maximum atomic E-state index is 13.0. The lowest BCUT2D eigenvalue weighted by atomic mass is 9.99. The van der Waals surface area contributed by atoms with E-state index in [2.05, 4.69) is 20.3 Å². The molecule has 0 saturated carbocycles. The molecule has 0 saturated heterocycles. The lowest BCUT2D eigenvalue weighted by Crippen LogP contribution is -2.23. The van der Waals surface area contributed by atoms with Gasteiger partial charge < -0.3 is 14.5 Å². The topological polar surface area (TPSA) is 97.8 Å². The second-order valence-electron chi connectivity index (χ2n) is 6.71. The van der Waals surface area contributed by atoms with Gasteiger partial charge in [0.15, 0.2) is 0 Å². The van der Waals surface area contributed by atoms with Crippen LogP contribution in [0.25, 0.3) is 20.5 Å². The molecule has 0 radical (unpaired) electrons. The summed E-state index contributed by atoms with van der Waals surface area (Å²) in [6.45, 7) is 1.01. The molecule has 2 N–H and O–H groups in total. The minimum atomic E-state index is -0.213. The van der Waals surface area contributed by atoms with Crippen LogP contribution in [-0.4, -0.2) is 45.3 Å². The number of aryl methyl sites for hydroxylation is 1. The molecule has 0 unspecified atom stereocenters. The number of nitrogens with one attached hydrogen (secondary N) is 2. The van der Waals surface area contributed by atoms with E-state index in [1.54, 1.807) is 19.5 Å². The number of thiophene rings is 1. The van der Waals surface area contributed by atoms with Crippen molar-refractivity contribution in [2.45, 2.75) is 18.9 Å². The van der Waals surface area contributed by atoms with Crippen LogP contribution in [0, 0.1) is 0 Å². The SMILES string of the molecule is COC[C@@H](c1[nH]c(=O)c2sc(-c3cn[nH]c3)c3c2c1CCCO3)n1cccn1. The molecule has 0 fully saturated rings. The minimum absolute atomic E-state index is 0.117. The van der Waals surface area contributed by atoms with Gasteiger partial charge in [0.2, 0.25) is 0 Å². The largest absolute Gasteiger partial charge is 0.491 e. The Morgan fingerprint density at radius 1 is 1.46 bits per heavy atom. The molecule has 1 atom stereocenters. The van der Waals surface area contributed by atoms with Gasteiger partial charge in [0, 0.05) is 42.3 Å². The molecule has 0 amide bonds. The average molecular weight is 397 g/mol. The number of methoxy groups -OCH3 is 1. The van der Waals surface area contributed by atoms with Crippen molar-refractivity contribution in [1.29, 1.82) is 0 Å². The summed E-state index contributed by atoms with van der Waals surface area (Å²) in [4.78, 5) is 17.1. The fourth-order valence-electron chi connectivity index (χ4n) is 3.82. The highest BCUT2D eigenvalue weighted by molar-refractivity contribution is 7.22. The van der Waals surface area contributed by atoms with Crippen molar-refractivity contribution in [3.05, 3.63) is 52.5 Å². The van der Waals surface area contributed by atoms with E-state index in [0.717, 1.165) is 45.7 Å². The minimum Gasteiger partial charge on any atom is -0.491 e. The number of aromatic amines is 2. The van der Waals surface area contributed by atoms with Crippen LogP contribution in [0.4, 0.5) is 0 Å². The van der Waals surface area contributed by atoms with Crippen molar-refractivity contribution in [3.63, 3.8) is 0 Å². The third kappa shape index (κ3) is 2.66. The Morgan fingerprint density at radius 2 is 2.39 bits per heavy atom. The molecule has 4 aromatic heterocycles. The summed E-state index contributed by atoms with van der Waals surface area (Å²) in [6.07, 6.45) is 8.88. The number of nitrogens with zero attached hydrogens (tertiary/aromatic N) is 3. The van der Waals surface area contributed by atoms with E-state index in [4.69, 9.17) is 9.47 Å². The summed E-state index contributed by atoms with van der Waals surface area (Å²) in [5.41, 5.74) is 2.75. The first-order chi connectivity index (χ1) is 13.8. The Kier molecular flexibility index (Phi) is 4.25. The highest BCUT2D eigenvalue weighted by Crippen LogP contribution is 2.46. The first kappa shape index (κ1) is 17.2. The molecular weight excluding hydrogens is 378 g/mol. The van der Waals surface area contributed by atoms with Crippen LogP contribution in [0.5, 0.6) is 5.75 Å². The highest BCUT2D eigenvalue weighted by Gasteiger charge is 2.28. The van der Waals surface area contributed by atoms with E-state index in [0.29, 0.717) is 17.9 Å². The monoisotopic (exact) mass is 397 g/mol. The summed E-state index contributed by atoms with van der Waals surface area (Å²) in [5, 5.41) is 12.2. The lowest BCUT2D eigenvalue weighted by Gasteiger charge is -2.20. The smallest absolute Gasteiger partial charge is 0.266 e. The van der Waals surface area contributed by atoms with Gasteiger partial charge in [-0.3, -0.25) is 14.6 Å². The number of aromatic nitrogens is 5. The summed E-state index contributed by atoms with van der Waals surface area (Å²) in [7, 11) is 1.65. The molecule has 144 valence electrons. The Labute approximate surface area is 164 Å². The zero-order valence-electron chi connectivity index (χ0n) is 15.3. The second kappa shape index (κ2) is 6.92. The summed E-state index contributed by atoms with van der Waals surface area (Å²) >= 11 is 1.45. The predicted molar refractivity (Wildman–Crippen MR) is 106 cm³/mol. The van der Waals surface area contributed by atoms with E-state index in [1.807, 2.05) is 23.1 Å². The van der Waals surface area contributed by atoms with Crippen molar-refractivity contribution in [2.24, 2.45) is 0 Å². The van der Waals surface area contributed by atoms with Crippen LogP contribution in [-0.2, 0) is 11.2 Å². The Bertz CT molecular complexity index is 1160. The van der Waals surface area contributed by atoms with Crippen molar-refractivity contribution in [1.82, 2.24) is 25.0 Å². The summed E-state index contributed by atoms with van der Waals surface area (Å²) in [6, 6.07) is 1.66. The standard InChI is InChI=1S/C19H19N5O3S/c1-26-10-13(24-6-3-5-22-24)15-12-4-2-7-27-16-14(12)18(19(25)23-15)28-17(16)11-8-20-21-9-11/h3,5-6,8-9,13H,2,4,7,10H2,1H3,(H,20,21)(H,23,25)/t13-/m0/s1. The number of hydrogen-bond acceptors (Lipinski definition) is 6. The number of hydrogen-bond donors (Lipinski definition) is 2. The van der Waals surface area contributed by atoms with Gasteiger partial charge in [-0.05, 0) is 24.5 Å². The van der Waals surface area contributed by atoms with Gasteiger partial charge in [0.1, 0.15) is 16.5 Å². The number of pyridine rings is 1. The molecule has 0 aliphatic carbocycles. The molecular formula is C19H19N5O3S. The van der Waals surface area contributed by atoms with Gasteiger partial charge in [0.05, 0.1) is 24.3 Å². The maximum Gasteiger partial charge on any atom is 0.266 e. The predicted octanol–water partition coefficient (Wildman–Crippen LogP) is 2.74. The van der Waals surface area contributed by atoms with Gasteiger partial charge in [0.25, 0.3) is 5.56 Å². The van der Waals surface area contributed by atoms with Gasteiger partial charge >= 0.3 is 0 Å². The van der Waals surface area contributed by atoms with E-state index in [-0.39, 0.29) is 11.6 Å². The summed E-state index contributed by atoms with van der Waals surface area (Å²) < 4.78 is 14.1. The lowest BCUT2D eigenvalue weighted by molar-refractivity contribution is 0.162. The van der Waals surface area contributed by atoms with E-state index >= 15 is 0 Å². The van der Waals surface area contributed by atoms with E-state index in [1.165, 1.54) is 11.3 Å². The fourth-order valence-corrected chi connectivity index (χ4v) is 4.97. The third-order valence-corrected chi connectivity index (χ3v) is 6.24. The number of H-pyrrole nitrogens is 2. The first-order valence-corrected chi connectivity index (χ1v) is 9.91. The average Bonchev–Trinajstić information content (AvgIpc) is 3.43. The van der Waals surface area contributed by atoms with Crippen molar-refractivity contribution >= 4 is 21.4 Å². The molecule has 0 spiro atoms. The zero-order chi connectivity index (χ0) is 19.1. The molecule has 1 aliphatic heterocycles. The molecule has 8 nitrogen and oxygen atoms in total. The second-order valence-corrected chi connectivity index (χ2v) is 7.73. The van der Waals surface area contributed by atoms with Crippen LogP contribution in [0.15, 0.2) is 35.6 Å². The van der Waals surface area contributed by atoms with Crippen molar-refractivity contribution in [3.8, 4) is 16.2 Å². The van der Waals surface area contributed by atoms with Crippen molar-refractivity contribution < 1.29 is 9.47 Å². The quantitative estimate of drug-likeness (QED) is 0.540. The van der Waals surface area contributed by atoms with Gasteiger partial charge in [-0.15, -0.1) is 11.3 Å². The van der Waals surface area contributed by atoms with Crippen LogP contribution in [0.2, 0.25) is 0 Å². The molecule has 5 rings (SSSR count). The number of ether oxygens (including phenoxy) is 2. The normalized spacial score (nSPS) is 14.8. The molecule has 0 aromatic carbocycles. The number of rotatable bonds is 5. The van der Waals surface area contributed by atoms with Crippen LogP contribution in [0.3, 0.4) is 0 Å². The third-order valence-electron chi connectivity index (χ3n) is 5.03. The highest BCUT2D eigenvalue weighted by atomic mass is 32.1. The summed E-state index contributed by atoms with van der Waals surface area (Å²) in [5.74, 6) is 0.776. The fraction of sp³-hybridized carbons (Fsp3) is 0.316.